The third-order valence-corrected chi connectivity index (χ3v) is 8.72. The van der Waals surface area contributed by atoms with Crippen molar-refractivity contribution in [3.63, 3.8) is 0 Å². The van der Waals surface area contributed by atoms with Crippen LogP contribution in [0, 0.1) is 0 Å². The lowest BCUT2D eigenvalue weighted by atomic mass is 10.2. The molecule has 4 aromatic rings. The zero-order chi connectivity index (χ0) is 34.0. The number of carbonyl (C=O) groups is 2. The molecule has 47 heavy (non-hydrogen) atoms. The number of hydrogen-bond acceptors (Lipinski definition) is 8. The molecule has 1 saturated heterocycles. The number of sulfonamides is 1. The summed E-state index contributed by atoms with van der Waals surface area (Å²) in [5.74, 6) is -2.75. The molecule has 0 unspecified atom stereocenters. The minimum absolute atomic E-state index is 0.130. The smallest absolute Gasteiger partial charge is 0.475 e. The maximum Gasteiger partial charge on any atom is 0.490 e. The van der Waals surface area contributed by atoms with Crippen molar-refractivity contribution in [3.05, 3.63) is 71.8 Å². The number of nitrogens with zero attached hydrogens (tertiary/aromatic N) is 5. The molecule has 2 aromatic carbocycles. The van der Waals surface area contributed by atoms with Crippen LogP contribution in [0.15, 0.2) is 66.1 Å². The summed E-state index contributed by atoms with van der Waals surface area (Å²) < 4.78 is 69.7. The Labute approximate surface area is 273 Å². The first-order valence-corrected chi connectivity index (χ1v) is 16.3. The van der Waals surface area contributed by atoms with Crippen molar-refractivity contribution in [2.75, 3.05) is 44.7 Å². The molecule has 3 heterocycles. The summed E-state index contributed by atoms with van der Waals surface area (Å²) in [7, 11) is -3.73. The van der Waals surface area contributed by atoms with E-state index in [-0.39, 0.29) is 10.8 Å². The average Bonchev–Trinajstić information content (AvgIpc) is 3.67. The van der Waals surface area contributed by atoms with Crippen LogP contribution in [-0.2, 0) is 32.6 Å². The van der Waals surface area contributed by atoms with Gasteiger partial charge < -0.3 is 19.0 Å². The molecule has 0 bridgehead atoms. The summed E-state index contributed by atoms with van der Waals surface area (Å²) in [6.45, 7) is 5.58. The summed E-state index contributed by atoms with van der Waals surface area (Å²) in [6.07, 6.45) is 1.73. The number of carbonyl (C=O) groups excluding carboxylic acids is 1. The number of aromatic nitrogens is 4. The topological polar surface area (TPSA) is 161 Å². The van der Waals surface area contributed by atoms with E-state index in [9.17, 15) is 26.4 Å². The summed E-state index contributed by atoms with van der Waals surface area (Å²) in [6, 6.07) is 11.4. The van der Waals surface area contributed by atoms with Gasteiger partial charge in [-0.05, 0) is 61.9 Å². The zero-order valence-corrected chi connectivity index (χ0v) is 26.6. The number of fused-ring (bicyclic) bond motifs is 1. The molecular weight excluding hydrogens is 667 g/mol. The van der Waals surface area contributed by atoms with Crippen LogP contribution in [0.2, 0.25) is 5.02 Å². The number of aryl methyl sites for hydroxylation is 2. The minimum atomic E-state index is -5.08. The highest BCUT2D eigenvalue weighted by molar-refractivity contribution is 7.89. The summed E-state index contributed by atoms with van der Waals surface area (Å²) in [4.78, 5) is 33.0. The van der Waals surface area contributed by atoms with Crippen LogP contribution >= 0.6 is 11.6 Å². The highest BCUT2D eigenvalue weighted by Gasteiger charge is 2.38. The predicted octanol–water partition coefficient (Wildman–Crippen LogP) is 3.86. The molecule has 1 amide bonds. The third-order valence-electron chi connectivity index (χ3n) is 7.01. The van der Waals surface area contributed by atoms with E-state index in [0.29, 0.717) is 54.8 Å². The maximum absolute atomic E-state index is 13.0. The molecule has 2 aromatic heterocycles. The Bertz CT molecular complexity index is 1740. The van der Waals surface area contributed by atoms with Crippen molar-refractivity contribution in [1.29, 1.82) is 0 Å². The third kappa shape index (κ3) is 10.5. The van der Waals surface area contributed by atoms with Crippen LogP contribution in [0.25, 0.3) is 11.0 Å². The molecule has 5 rings (SSSR count). The second kappa shape index (κ2) is 16.2. The van der Waals surface area contributed by atoms with E-state index in [0.717, 1.165) is 38.1 Å². The van der Waals surface area contributed by atoms with Crippen molar-refractivity contribution in [2.24, 2.45) is 0 Å². The molecule has 0 saturated carbocycles. The van der Waals surface area contributed by atoms with Crippen molar-refractivity contribution in [2.45, 2.75) is 37.0 Å². The molecule has 18 heteroatoms. The molecule has 3 N–H and O–H groups in total. The van der Waals surface area contributed by atoms with Crippen molar-refractivity contribution < 1.29 is 41.0 Å². The fraction of sp³-hybridized carbons (Fsp3) is 0.379. The summed E-state index contributed by atoms with van der Waals surface area (Å²) in [5.41, 5.74) is 1.64. The maximum atomic E-state index is 13.0. The number of imidazole rings is 2. The quantitative estimate of drug-likeness (QED) is 0.187. The SMILES string of the molecule is O=C(Nc1nc2cc(S(=O)(=O)NCCCN3CCOCC3)ccc2n1CCCn1ccnc1)c1ccc(Cl)cc1.O=C(O)C(F)(F)F. The van der Waals surface area contributed by atoms with Crippen LogP contribution in [-0.4, -0.2) is 95.0 Å². The molecule has 13 nitrogen and oxygen atoms in total. The van der Waals surface area contributed by atoms with E-state index < -0.39 is 22.2 Å². The number of halogens is 4. The lowest BCUT2D eigenvalue weighted by Crippen LogP contribution is -2.38. The standard InChI is InChI=1S/C27H32ClN7O4S.C2HF3O2/c28-22-5-3-21(4-6-22)26(36)32-27-31-24-19-23(40(37,38)30-9-1-11-33-15-17-39-18-16-33)7-8-25(24)35(27)13-2-12-34-14-10-29-20-34;3-2(4,5)1(6)7/h3-8,10,14,19-20,30H,1-2,9,11-13,15-18H2,(H,31,32,36);(H,6,7). The highest BCUT2D eigenvalue weighted by Crippen LogP contribution is 2.24. The number of anilines is 1. The molecule has 0 aliphatic carbocycles. The second-order valence-corrected chi connectivity index (χ2v) is 12.6. The van der Waals surface area contributed by atoms with E-state index in [4.69, 9.17) is 26.2 Å². The first-order chi connectivity index (χ1) is 22.3. The fourth-order valence-electron chi connectivity index (χ4n) is 4.62. The van der Waals surface area contributed by atoms with Crippen molar-refractivity contribution in [1.82, 2.24) is 28.7 Å². The van der Waals surface area contributed by atoms with Gasteiger partial charge >= 0.3 is 12.1 Å². The Kier molecular flexibility index (Phi) is 12.3. The molecule has 1 aliphatic rings. The first-order valence-electron chi connectivity index (χ1n) is 14.5. The van der Waals surface area contributed by atoms with E-state index in [1.807, 2.05) is 15.3 Å². The van der Waals surface area contributed by atoms with Gasteiger partial charge in [0.2, 0.25) is 16.0 Å². The van der Waals surface area contributed by atoms with Crippen LogP contribution in [0.5, 0.6) is 0 Å². The van der Waals surface area contributed by atoms with Crippen LogP contribution in [0.3, 0.4) is 0 Å². The normalized spacial score (nSPS) is 14.0. The highest BCUT2D eigenvalue weighted by atomic mass is 35.5. The van der Waals surface area contributed by atoms with Gasteiger partial charge in [-0.25, -0.2) is 27.9 Å². The number of carboxylic acids is 1. The van der Waals surface area contributed by atoms with Gasteiger partial charge in [-0.1, -0.05) is 11.6 Å². The Morgan fingerprint density at radius 3 is 2.36 bits per heavy atom. The number of hydrogen-bond donors (Lipinski definition) is 3. The van der Waals surface area contributed by atoms with Gasteiger partial charge in [0.25, 0.3) is 5.91 Å². The fourth-order valence-corrected chi connectivity index (χ4v) is 5.84. The number of rotatable bonds is 12. The number of amides is 1. The van der Waals surface area contributed by atoms with E-state index in [1.54, 1.807) is 55.0 Å². The van der Waals surface area contributed by atoms with Crippen LogP contribution < -0.4 is 10.0 Å². The van der Waals surface area contributed by atoms with E-state index in [1.165, 1.54) is 0 Å². The molecule has 254 valence electrons. The second-order valence-electron chi connectivity index (χ2n) is 10.4. The predicted molar refractivity (Wildman–Crippen MR) is 167 cm³/mol. The Balaban J connectivity index is 0.000000644. The van der Waals surface area contributed by atoms with Gasteiger partial charge in [0.05, 0.1) is 35.5 Å². The summed E-state index contributed by atoms with van der Waals surface area (Å²) >= 11 is 5.97. The van der Waals surface area contributed by atoms with Gasteiger partial charge in [0.1, 0.15) is 0 Å². The van der Waals surface area contributed by atoms with Gasteiger partial charge in [-0.3, -0.25) is 15.0 Å². The molecule has 1 aliphatic heterocycles. The largest absolute Gasteiger partial charge is 0.490 e. The molecule has 0 spiro atoms. The number of ether oxygens (including phenoxy) is 1. The van der Waals surface area contributed by atoms with Crippen LogP contribution in [0.1, 0.15) is 23.2 Å². The first kappa shape index (κ1) is 35.8. The monoisotopic (exact) mass is 699 g/mol. The zero-order valence-electron chi connectivity index (χ0n) is 25.0. The molecule has 0 atom stereocenters. The number of morpholine rings is 1. The van der Waals surface area contributed by atoms with Gasteiger partial charge in [-0.15, -0.1) is 0 Å². The Morgan fingerprint density at radius 1 is 1.02 bits per heavy atom. The van der Waals surface area contributed by atoms with E-state index in [2.05, 4.69) is 24.9 Å². The average molecular weight is 700 g/mol. The number of nitrogens with one attached hydrogen (secondary N) is 2. The van der Waals surface area contributed by atoms with Crippen molar-refractivity contribution in [3.8, 4) is 0 Å². The Morgan fingerprint density at radius 2 is 1.72 bits per heavy atom. The van der Waals surface area contributed by atoms with Crippen LogP contribution in [0.4, 0.5) is 19.1 Å². The Hall–Kier alpha value is -4.03. The van der Waals surface area contributed by atoms with Crippen molar-refractivity contribution >= 4 is 50.5 Å². The van der Waals surface area contributed by atoms with Gasteiger partial charge in [0.15, 0.2) is 0 Å². The number of alkyl halides is 3. The lowest BCUT2D eigenvalue weighted by Gasteiger charge is -2.26. The minimum Gasteiger partial charge on any atom is -0.475 e. The number of carboxylic acid groups (broad SMARTS) is 1. The summed E-state index contributed by atoms with van der Waals surface area (Å²) in [5, 5.41) is 10.5. The van der Waals surface area contributed by atoms with E-state index >= 15 is 0 Å². The molecule has 1 fully saturated rings. The van der Waals surface area contributed by atoms with Gasteiger partial charge in [-0.2, -0.15) is 13.2 Å². The number of aliphatic carboxylic acids is 1. The molecule has 0 radical (unpaired) electrons. The van der Waals surface area contributed by atoms with Gasteiger partial charge in [0, 0.05) is 55.7 Å². The lowest BCUT2D eigenvalue weighted by molar-refractivity contribution is -0.192. The number of benzene rings is 2. The molecular formula is C29H33ClF3N7O6S.